The molecule has 0 radical (unpaired) electrons. The standard InChI is InChI=1S/C24H32N2O4S/c1-3-4-17-31(28,29)26-16-10-15-24(19-26,20-11-6-5-7-12-20)18-25-23(27)21-13-8-9-14-22(21)30-2/h5-9,11-14H,3-4,10,15-19H2,1-2H3,(H,25,27). The largest absolute Gasteiger partial charge is 0.496 e. The van der Waals surface area contributed by atoms with Gasteiger partial charge in [-0.05, 0) is 37.0 Å². The van der Waals surface area contributed by atoms with Crippen molar-refractivity contribution in [2.45, 2.75) is 38.0 Å². The molecule has 0 bridgehead atoms. The van der Waals surface area contributed by atoms with Crippen molar-refractivity contribution < 1.29 is 17.9 Å². The van der Waals surface area contributed by atoms with E-state index in [9.17, 15) is 13.2 Å². The molecule has 1 N–H and O–H groups in total. The van der Waals surface area contributed by atoms with E-state index >= 15 is 0 Å². The molecule has 1 saturated heterocycles. The summed E-state index contributed by atoms with van der Waals surface area (Å²) in [6.07, 6.45) is 3.06. The Morgan fingerprint density at radius 2 is 1.84 bits per heavy atom. The van der Waals surface area contributed by atoms with Gasteiger partial charge >= 0.3 is 0 Å². The summed E-state index contributed by atoms with van der Waals surface area (Å²) >= 11 is 0. The van der Waals surface area contributed by atoms with Crippen molar-refractivity contribution in [1.29, 1.82) is 0 Å². The lowest BCUT2D eigenvalue weighted by atomic mass is 9.74. The zero-order valence-corrected chi connectivity index (χ0v) is 19.2. The third-order valence-electron chi connectivity index (χ3n) is 6.02. The average molecular weight is 445 g/mol. The third-order valence-corrected chi connectivity index (χ3v) is 7.92. The minimum atomic E-state index is -3.33. The normalized spacial score (nSPS) is 19.7. The summed E-state index contributed by atoms with van der Waals surface area (Å²) in [4.78, 5) is 12.9. The fourth-order valence-electron chi connectivity index (χ4n) is 4.23. The Morgan fingerprint density at radius 3 is 2.55 bits per heavy atom. The van der Waals surface area contributed by atoms with Crippen LogP contribution in [-0.4, -0.2) is 51.1 Å². The average Bonchev–Trinajstić information content (AvgIpc) is 2.82. The van der Waals surface area contributed by atoms with E-state index in [1.54, 1.807) is 22.5 Å². The zero-order valence-electron chi connectivity index (χ0n) is 18.3. The van der Waals surface area contributed by atoms with Crippen LogP contribution in [0, 0.1) is 0 Å². The molecule has 1 fully saturated rings. The first-order chi connectivity index (χ1) is 14.9. The van der Waals surface area contributed by atoms with Crippen LogP contribution in [0.25, 0.3) is 0 Å². The van der Waals surface area contributed by atoms with E-state index in [2.05, 4.69) is 5.32 Å². The molecule has 0 aromatic heterocycles. The van der Waals surface area contributed by atoms with Gasteiger partial charge in [-0.2, -0.15) is 0 Å². The number of carbonyl (C=O) groups excluding carboxylic acids is 1. The summed E-state index contributed by atoms with van der Waals surface area (Å²) in [5.74, 6) is 0.460. The van der Waals surface area contributed by atoms with Crippen LogP contribution < -0.4 is 10.1 Å². The number of rotatable bonds is 9. The quantitative estimate of drug-likeness (QED) is 0.641. The summed E-state index contributed by atoms with van der Waals surface area (Å²) in [6, 6.07) is 17.0. The number of nitrogens with zero attached hydrogens (tertiary/aromatic N) is 1. The van der Waals surface area contributed by atoms with Crippen molar-refractivity contribution >= 4 is 15.9 Å². The molecule has 3 rings (SSSR count). The van der Waals surface area contributed by atoms with Crippen LogP contribution in [0.3, 0.4) is 0 Å². The SMILES string of the molecule is CCCCS(=O)(=O)N1CCCC(CNC(=O)c2ccccc2OC)(c2ccccc2)C1. The van der Waals surface area contributed by atoms with Crippen LogP contribution >= 0.6 is 0 Å². The van der Waals surface area contributed by atoms with Crippen molar-refractivity contribution in [3.8, 4) is 5.75 Å². The van der Waals surface area contributed by atoms with Crippen LogP contribution in [0.4, 0.5) is 0 Å². The summed E-state index contributed by atoms with van der Waals surface area (Å²) in [5, 5.41) is 3.06. The molecule has 6 nitrogen and oxygen atoms in total. The molecule has 7 heteroatoms. The highest BCUT2D eigenvalue weighted by atomic mass is 32.2. The van der Waals surface area contributed by atoms with Gasteiger partial charge in [-0.3, -0.25) is 4.79 Å². The first-order valence-electron chi connectivity index (χ1n) is 10.9. The van der Waals surface area contributed by atoms with Crippen LogP contribution in [-0.2, 0) is 15.4 Å². The minimum Gasteiger partial charge on any atom is -0.496 e. The van der Waals surface area contributed by atoms with Gasteiger partial charge in [-0.25, -0.2) is 12.7 Å². The van der Waals surface area contributed by atoms with Gasteiger partial charge in [-0.1, -0.05) is 55.8 Å². The number of ether oxygens (including phenoxy) is 1. The molecule has 1 aliphatic rings. The van der Waals surface area contributed by atoms with Crippen molar-refractivity contribution in [2.24, 2.45) is 0 Å². The molecule has 1 heterocycles. The number of nitrogens with one attached hydrogen (secondary N) is 1. The van der Waals surface area contributed by atoms with E-state index in [0.29, 0.717) is 37.4 Å². The lowest BCUT2D eigenvalue weighted by Crippen LogP contribution is -2.54. The van der Waals surface area contributed by atoms with Crippen molar-refractivity contribution in [3.63, 3.8) is 0 Å². The lowest BCUT2D eigenvalue weighted by Gasteiger charge is -2.43. The predicted octanol–water partition coefficient (Wildman–Crippen LogP) is 3.59. The molecule has 168 valence electrons. The van der Waals surface area contributed by atoms with Gasteiger partial charge < -0.3 is 10.1 Å². The number of hydrogen-bond donors (Lipinski definition) is 1. The number of sulfonamides is 1. The molecule has 31 heavy (non-hydrogen) atoms. The summed E-state index contributed by atoms with van der Waals surface area (Å²) in [7, 11) is -1.79. The van der Waals surface area contributed by atoms with Crippen LogP contribution in [0.1, 0.15) is 48.5 Å². The van der Waals surface area contributed by atoms with Crippen molar-refractivity contribution in [2.75, 3.05) is 32.5 Å². The highest BCUT2D eigenvalue weighted by Gasteiger charge is 2.41. The van der Waals surface area contributed by atoms with Gasteiger partial charge in [0.25, 0.3) is 5.91 Å². The van der Waals surface area contributed by atoms with Gasteiger partial charge in [0, 0.05) is 25.0 Å². The molecule has 2 aromatic carbocycles. The molecule has 1 atom stereocenters. The topological polar surface area (TPSA) is 75.7 Å². The first kappa shape index (κ1) is 23.3. The fraction of sp³-hybridized carbons (Fsp3) is 0.458. The Morgan fingerprint density at radius 1 is 1.13 bits per heavy atom. The minimum absolute atomic E-state index is 0.169. The summed E-state index contributed by atoms with van der Waals surface area (Å²) < 4.78 is 32.8. The highest BCUT2D eigenvalue weighted by molar-refractivity contribution is 7.89. The summed E-state index contributed by atoms with van der Waals surface area (Å²) in [6.45, 7) is 3.25. The van der Waals surface area contributed by atoms with Crippen LogP contribution in [0.15, 0.2) is 54.6 Å². The Labute approximate surface area is 185 Å². The second-order valence-electron chi connectivity index (χ2n) is 8.14. The number of unbranched alkanes of at least 4 members (excludes halogenated alkanes) is 1. The Balaban J connectivity index is 1.86. The lowest BCUT2D eigenvalue weighted by molar-refractivity contribution is 0.0929. The van der Waals surface area contributed by atoms with E-state index in [-0.39, 0.29) is 11.7 Å². The molecule has 0 saturated carbocycles. The maximum Gasteiger partial charge on any atom is 0.255 e. The number of para-hydroxylation sites is 1. The first-order valence-corrected chi connectivity index (χ1v) is 12.5. The van der Waals surface area contributed by atoms with E-state index in [1.165, 1.54) is 7.11 Å². The van der Waals surface area contributed by atoms with Crippen molar-refractivity contribution in [3.05, 3.63) is 65.7 Å². The second-order valence-corrected chi connectivity index (χ2v) is 10.2. The maximum atomic E-state index is 12.9. The zero-order chi connectivity index (χ0) is 22.3. The van der Waals surface area contributed by atoms with Crippen LogP contribution in [0.5, 0.6) is 5.75 Å². The predicted molar refractivity (Wildman–Crippen MR) is 123 cm³/mol. The van der Waals surface area contributed by atoms with E-state index in [4.69, 9.17) is 4.74 Å². The van der Waals surface area contributed by atoms with Gasteiger partial charge in [0.15, 0.2) is 0 Å². The molecule has 1 unspecified atom stereocenters. The molecule has 1 aliphatic heterocycles. The van der Waals surface area contributed by atoms with Gasteiger partial charge in [0.1, 0.15) is 5.75 Å². The van der Waals surface area contributed by atoms with E-state index < -0.39 is 15.4 Å². The van der Waals surface area contributed by atoms with E-state index in [1.807, 2.05) is 43.3 Å². The monoisotopic (exact) mass is 444 g/mol. The molecule has 0 aliphatic carbocycles. The van der Waals surface area contributed by atoms with Crippen LogP contribution in [0.2, 0.25) is 0 Å². The fourth-order valence-corrected chi connectivity index (χ4v) is 6.00. The molecule has 1 amide bonds. The van der Waals surface area contributed by atoms with E-state index in [0.717, 1.165) is 24.8 Å². The molecular formula is C24H32N2O4S. The summed E-state index contributed by atoms with van der Waals surface area (Å²) in [5.41, 5.74) is 1.04. The highest BCUT2D eigenvalue weighted by Crippen LogP contribution is 2.35. The Kier molecular flexibility index (Phi) is 7.73. The van der Waals surface area contributed by atoms with Crippen molar-refractivity contribution in [1.82, 2.24) is 9.62 Å². The molecule has 0 spiro atoms. The number of benzene rings is 2. The molecule has 2 aromatic rings. The number of carbonyl (C=O) groups is 1. The number of hydrogen-bond acceptors (Lipinski definition) is 4. The Hall–Kier alpha value is -2.38. The smallest absolute Gasteiger partial charge is 0.255 e. The van der Waals surface area contributed by atoms with Gasteiger partial charge in [0.2, 0.25) is 10.0 Å². The third kappa shape index (κ3) is 5.46. The second kappa shape index (κ2) is 10.3. The molecular weight excluding hydrogens is 412 g/mol. The number of piperidine rings is 1. The number of methoxy groups -OCH3 is 1. The van der Waals surface area contributed by atoms with Gasteiger partial charge in [-0.15, -0.1) is 0 Å². The Bertz CT molecular complexity index is 978. The maximum absolute atomic E-state index is 12.9. The number of amides is 1. The van der Waals surface area contributed by atoms with Gasteiger partial charge in [0.05, 0.1) is 18.4 Å².